The fourth-order valence-corrected chi connectivity index (χ4v) is 2.31. The molecule has 1 aromatic carbocycles. The molecule has 4 rings (SSSR count). The summed E-state index contributed by atoms with van der Waals surface area (Å²) >= 11 is 0. The van der Waals surface area contributed by atoms with Crippen LogP contribution in [0.2, 0.25) is 0 Å². The molecule has 0 fully saturated rings. The van der Waals surface area contributed by atoms with Crippen molar-refractivity contribution < 1.29 is 8.94 Å². The molecule has 22 heavy (non-hydrogen) atoms. The molecular weight excluding hydrogens is 282 g/mol. The van der Waals surface area contributed by atoms with Crippen LogP contribution in [-0.4, -0.2) is 14.7 Å². The third-order valence-corrected chi connectivity index (χ3v) is 3.39. The molecule has 0 saturated heterocycles. The predicted octanol–water partition coefficient (Wildman–Crippen LogP) is 2.69. The lowest BCUT2D eigenvalue weighted by Crippen LogP contribution is -2.21. The van der Waals surface area contributed by atoms with Crippen molar-refractivity contribution >= 4 is 10.9 Å². The molecule has 0 unspecified atom stereocenters. The van der Waals surface area contributed by atoms with Crippen molar-refractivity contribution in [2.45, 2.75) is 6.54 Å². The minimum Gasteiger partial charge on any atom is -0.461 e. The van der Waals surface area contributed by atoms with E-state index in [0.717, 1.165) is 0 Å². The Morgan fingerprint density at radius 1 is 1.09 bits per heavy atom. The number of furan rings is 1. The summed E-state index contributed by atoms with van der Waals surface area (Å²) in [4.78, 5) is 16.7. The van der Waals surface area contributed by atoms with Gasteiger partial charge in [-0.1, -0.05) is 17.3 Å². The number of fused-ring (bicyclic) bond motifs is 1. The Balaban J connectivity index is 1.69. The van der Waals surface area contributed by atoms with Gasteiger partial charge >= 0.3 is 0 Å². The van der Waals surface area contributed by atoms with Crippen LogP contribution in [0.4, 0.5) is 0 Å². The maximum Gasteiger partial charge on any atom is 0.261 e. The molecule has 6 heteroatoms. The smallest absolute Gasteiger partial charge is 0.261 e. The van der Waals surface area contributed by atoms with Gasteiger partial charge in [-0.3, -0.25) is 9.36 Å². The lowest BCUT2D eigenvalue weighted by atomic mass is 10.2. The predicted molar refractivity (Wildman–Crippen MR) is 79.3 cm³/mol. The highest BCUT2D eigenvalue weighted by Gasteiger charge is 2.11. The summed E-state index contributed by atoms with van der Waals surface area (Å²) in [5.74, 6) is 1.13. The number of hydrogen-bond donors (Lipinski definition) is 0. The highest BCUT2D eigenvalue weighted by atomic mass is 16.5. The fraction of sp³-hybridized carbons (Fsp3) is 0.0625. The molecule has 0 spiro atoms. The summed E-state index contributed by atoms with van der Waals surface area (Å²) in [5.41, 5.74) is 1.21. The summed E-state index contributed by atoms with van der Waals surface area (Å²) < 4.78 is 12.0. The van der Waals surface area contributed by atoms with E-state index >= 15 is 0 Å². The minimum absolute atomic E-state index is 0.104. The molecule has 0 atom stereocenters. The number of aromatic nitrogens is 3. The number of rotatable bonds is 3. The van der Waals surface area contributed by atoms with Crippen LogP contribution in [0, 0.1) is 0 Å². The molecule has 108 valence electrons. The summed E-state index contributed by atoms with van der Waals surface area (Å²) in [6.45, 7) is 0.293. The minimum atomic E-state index is -0.104. The third-order valence-electron chi connectivity index (χ3n) is 3.39. The maximum atomic E-state index is 12.4. The van der Waals surface area contributed by atoms with Gasteiger partial charge in [-0.25, -0.2) is 4.98 Å². The first-order valence-electron chi connectivity index (χ1n) is 6.75. The fourth-order valence-electron chi connectivity index (χ4n) is 2.31. The maximum absolute atomic E-state index is 12.4. The van der Waals surface area contributed by atoms with Crippen LogP contribution < -0.4 is 5.56 Å². The second kappa shape index (κ2) is 5.00. The Kier molecular flexibility index (Phi) is 2.86. The van der Waals surface area contributed by atoms with E-state index < -0.39 is 0 Å². The molecule has 3 heterocycles. The van der Waals surface area contributed by atoms with Gasteiger partial charge in [0, 0.05) is 6.07 Å². The number of benzene rings is 1. The number of nitrogens with zero attached hydrogens (tertiary/aromatic N) is 3. The van der Waals surface area contributed by atoms with E-state index in [1.165, 1.54) is 10.9 Å². The quantitative estimate of drug-likeness (QED) is 0.580. The van der Waals surface area contributed by atoms with E-state index in [1.807, 2.05) is 18.2 Å². The lowest BCUT2D eigenvalue weighted by molar-refractivity contribution is 0.408. The van der Waals surface area contributed by atoms with E-state index in [-0.39, 0.29) is 5.56 Å². The van der Waals surface area contributed by atoms with Crippen LogP contribution in [0.3, 0.4) is 0 Å². The average molecular weight is 293 g/mol. The van der Waals surface area contributed by atoms with E-state index in [0.29, 0.717) is 34.7 Å². The molecule has 6 nitrogen and oxygen atoms in total. The van der Waals surface area contributed by atoms with Crippen LogP contribution in [0.1, 0.15) is 5.69 Å². The van der Waals surface area contributed by atoms with Crippen LogP contribution in [-0.2, 0) is 6.54 Å². The highest BCUT2D eigenvalue weighted by molar-refractivity contribution is 5.76. The van der Waals surface area contributed by atoms with Crippen LogP contribution in [0.25, 0.3) is 22.4 Å². The van der Waals surface area contributed by atoms with Crippen LogP contribution >= 0.6 is 0 Å². The summed E-state index contributed by atoms with van der Waals surface area (Å²) in [6.07, 6.45) is 3.08. The van der Waals surface area contributed by atoms with E-state index in [1.54, 1.807) is 30.5 Å². The van der Waals surface area contributed by atoms with Gasteiger partial charge in [0.05, 0.1) is 30.0 Å². The molecule has 0 amide bonds. The number of hydrogen-bond acceptors (Lipinski definition) is 5. The molecule has 0 N–H and O–H groups in total. The molecule has 0 aliphatic heterocycles. The second-order valence-corrected chi connectivity index (χ2v) is 4.85. The second-order valence-electron chi connectivity index (χ2n) is 4.85. The van der Waals surface area contributed by atoms with Crippen LogP contribution in [0.5, 0.6) is 0 Å². The van der Waals surface area contributed by atoms with Crippen molar-refractivity contribution in [3.8, 4) is 11.5 Å². The summed E-state index contributed by atoms with van der Waals surface area (Å²) in [5, 5.41) is 4.55. The first kappa shape index (κ1) is 12.6. The third kappa shape index (κ3) is 2.10. The Morgan fingerprint density at radius 2 is 2.00 bits per heavy atom. The van der Waals surface area contributed by atoms with Gasteiger partial charge in [0.15, 0.2) is 5.76 Å². The van der Waals surface area contributed by atoms with Crippen molar-refractivity contribution in [1.82, 2.24) is 14.7 Å². The largest absolute Gasteiger partial charge is 0.461 e. The Morgan fingerprint density at radius 3 is 2.86 bits per heavy atom. The molecule has 4 aromatic rings. The zero-order valence-electron chi connectivity index (χ0n) is 11.5. The van der Waals surface area contributed by atoms with Gasteiger partial charge in [-0.2, -0.15) is 0 Å². The lowest BCUT2D eigenvalue weighted by Gasteiger charge is -2.03. The van der Waals surface area contributed by atoms with Gasteiger partial charge in [0.1, 0.15) is 5.69 Å². The normalized spacial score (nSPS) is 11.1. The average Bonchev–Trinajstić information content (AvgIpc) is 3.21. The Hall–Kier alpha value is -3.15. The summed E-state index contributed by atoms with van der Waals surface area (Å²) in [6, 6.07) is 12.6. The van der Waals surface area contributed by atoms with Gasteiger partial charge in [-0.15, -0.1) is 0 Å². The van der Waals surface area contributed by atoms with Crippen molar-refractivity contribution in [1.29, 1.82) is 0 Å². The topological polar surface area (TPSA) is 74.1 Å². The van der Waals surface area contributed by atoms with Gasteiger partial charge in [0.2, 0.25) is 5.76 Å². The summed E-state index contributed by atoms with van der Waals surface area (Å²) in [7, 11) is 0. The Bertz CT molecular complexity index is 983. The molecular formula is C16H11N3O3. The first-order valence-corrected chi connectivity index (χ1v) is 6.75. The van der Waals surface area contributed by atoms with Crippen LogP contribution in [0.15, 0.2) is 68.8 Å². The zero-order valence-corrected chi connectivity index (χ0v) is 11.5. The van der Waals surface area contributed by atoms with Crippen molar-refractivity contribution in [3.05, 3.63) is 71.1 Å². The first-order chi connectivity index (χ1) is 10.8. The molecule has 0 saturated carbocycles. The standard InChI is InChI=1S/C16H11N3O3/c20-16-12-4-1-2-5-13(12)17-10-19(16)9-11-8-15(22-18-11)14-6-3-7-21-14/h1-8,10H,9H2. The SMILES string of the molecule is O=c1c2ccccc2ncn1Cc1cc(-c2ccco2)on1. The molecule has 0 radical (unpaired) electrons. The molecule has 0 bridgehead atoms. The van der Waals surface area contributed by atoms with Crippen molar-refractivity contribution in [2.24, 2.45) is 0 Å². The van der Waals surface area contributed by atoms with Gasteiger partial charge in [0.25, 0.3) is 5.56 Å². The Labute approximate surface area is 124 Å². The van der Waals surface area contributed by atoms with Crippen molar-refractivity contribution in [3.63, 3.8) is 0 Å². The van der Waals surface area contributed by atoms with E-state index in [2.05, 4.69) is 10.1 Å². The molecule has 0 aliphatic rings. The molecule has 0 aliphatic carbocycles. The van der Waals surface area contributed by atoms with Gasteiger partial charge in [-0.05, 0) is 24.3 Å². The monoisotopic (exact) mass is 293 g/mol. The molecule has 3 aromatic heterocycles. The number of para-hydroxylation sites is 1. The van der Waals surface area contributed by atoms with Gasteiger partial charge < -0.3 is 8.94 Å². The van der Waals surface area contributed by atoms with E-state index in [9.17, 15) is 4.79 Å². The highest BCUT2D eigenvalue weighted by Crippen LogP contribution is 2.20. The van der Waals surface area contributed by atoms with E-state index in [4.69, 9.17) is 8.94 Å². The van der Waals surface area contributed by atoms with Crippen molar-refractivity contribution in [2.75, 3.05) is 0 Å². The zero-order chi connectivity index (χ0) is 14.9.